The fraction of sp³-hybridized carbons (Fsp3) is 0.227. The first kappa shape index (κ1) is 17.2. The van der Waals surface area contributed by atoms with Crippen LogP contribution >= 0.6 is 0 Å². The normalized spacial score (nSPS) is 13.2. The van der Waals surface area contributed by atoms with Crippen LogP contribution in [0.1, 0.15) is 32.6 Å². The number of nitrogens with zero attached hydrogens (tertiary/aromatic N) is 3. The van der Waals surface area contributed by atoms with Crippen LogP contribution in [-0.2, 0) is 13.0 Å². The standard InChI is InChI=1S/C22H22N4O/c1-15-6-5-9-20(16(15)2)25-22-23-12-19(13-24-22)21(27)26-11-10-17-7-3-4-8-18(17)14-26/h3-9,12-13H,10-11,14H2,1-2H3,(H,23,24,25). The lowest BCUT2D eigenvalue weighted by atomic mass is 9.99. The van der Waals surface area contributed by atoms with Gasteiger partial charge in [0.1, 0.15) is 0 Å². The summed E-state index contributed by atoms with van der Waals surface area (Å²) in [5.41, 5.74) is 6.39. The average Bonchev–Trinajstić information content (AvgIpc) is 2.71. The van der Waals surface area contributed by atoms with E-state index in [9.17, 15) is 4.79 Å². The molecule has 0 unspecified atom stereocenters. The molecule has 0 aliphatic carbocycles. The number of aromatic nitrogens is 2. The maximum Gasteiger partial charge on any atom is 0.257 e. The van der Waals surface area contributed by atoms with E-state index in [1.54, 1.807) is 12.4 Å². The van der Waals surface area contributed by atoms with Crippen LogP contribution in [0.3, 0.4) is 0 Å². The first-order valence-electron chi connectivity index (χ1n) is 9.13. The van der Waals surface area contributed by atoms with Crippen molar-refractivity contribution in [3.63, 3.8) is 0 Å². The second-order valence-electron chi connectivity index (χ2n) is 6.91. The Morgan fingerprint density at radius 1 is 1.00 bits per heavy atom. The molecule has 0 spiro atoms. The zero-order valence-electron chi connectivity index (χ0n) is 15.6. The van der Waals surface area contributed by atoms with Crippen molar-refractivity contribution in [2.75, 3.05) is 11.9 Å². The minimum atomic E-state index is -0.0252. The molecule has 5 nitrogen and oxygen atoms in total. The summed E-state index contributed by atoms with van der Waals surface area (Å²) in [7, 11) is 0. The van der Waals surface area contributed by atoms with Crippen molar-refractivity contribution in [3.05, 3.63) is 82.7 Å². The molecule has 3 aromatic rings. The third-order valence-electron chi connectivity index (χ3n) is 5.17. The Balaban J connectivity index is 1.47. The van der Waals surface area contributed by atoms with Crippen molar-refractivity contribution in [2.24, 2.45) is 0 Å². The van der Waals surface area contributed by atoms with Crippen LogP contribution in [0.15, 0.2) is 54.9 Å². The molecular formula is C22H22N4O. The van der Waals surface area contributed by atoms with Crippen LogP contribution in [0.25, 0.3) is 0 Å². The zero-order chi connectivity index (χ0) is 18.8. The van der Waals surface area contributed by atoms with Gasteiger partial charge in [-0.3, -0.25) is 4.79 Å². The Kier molecular flexibility index (Phi) is 4.59. The van der Waals surface area contributed by atoms with Gasteiger partial charge in [-0.05, 0) is 48.6 Å². The quantitative estimate of drug-likeness (QED) is 0.768. The lowest BCUT2D eigenvalue weighted by molar-refractivity contribution is 0.0734. The summed E-state index contributed by atoms with van der Waals surface area (Å²) in [4.78, 5) is 23.3. The van der Waals surface area contributed by atoms with Gasteiger partial charge in [0.15, 0.2) is 0 Å². The molecule has 136 valence electrons. The van der Waals surface area contributed by atoms with E-state index in [0.29, 0.717) is 18.1 Å². The smallest absolute Gasteiger partial charge is 0.257 e. The Labute approximate surface area is 159 Å². The first-order valence-corrected chi connectivity index (χ1v) is 9.13. The van der Waals surface area contributed by atoms with Crippen molar-refractivity contribution in [1.29, 1.82) is 0 Å². The molecule has 1 aliphatic heterocycles. The third kappa shape index (κ3) is 3.53. The second kappa shape index (κ2) is 7.19. The molecule has 1 amide bonds. The predicted octanol–water partition coefficient (Wildman–Crippen LogP) is 4.04. The van der Waals surface area contributed by atoms with Crippen LogP contribution in [0.2, 0.25) is 0 Å². The van der Waals surface area contributed by atoms with Gasteiger partial charge in [0, 0.05) is 31.2 Å². The Hall–Kier alpha value is -3.21. The zero-order valence-corrected chi connectivity index (χ0v) is 15.6. The fourth-order valence-electron chi connectivity index (χ4n) is 3.36. The minimum absolute atomic E-state index is 0.0252. The maximum atomic E-state index is 12.8. The number of rotatable bonds is 3. The molecule has 0 saturated heterocycles. The summed E-state index contributed by atoms with van der Waals surface area (Å²) in [6.45, 7) is 5.49. The molecule has 0 saturated carbocycles. The average molecular weight is 358 g/mol. The molecule has 27 heavy (non-hydrogen) atoms. The van der Waals surface area contributed by atoms with Crippen LogP contribution in [0, 0.1) is 13.8 Å². The number of hydrogen-bond acceptors (Lipinski definition) is 4. The van der Waals surface area contributed by atoms with Gasteiger partial charge in [-0.15, -0.1) is 0 Å². The largest absolute Gasteiger partial charge is 0.334 e. The summed E-state index contributed by atoms with van der Waals surface area (Å²) < 4.78 is 0. The molecule has 2 aromatic carbocycles. The number of hydrogen-bond donors (Lipinski definition) is 1. The highest BCUT2D eigenvalue weighted by Crippen LogP contribution is 2.22. The van der Waals surface area contributed by atoms with E-state index in [4.69, 9.17) is 0 Å². The van der Waals surface area contributed by atoms with Gasteiger partial charge in [0.2, 0.25) is 5.95 Å². The molecule has 2 heterocycles. The summed E-state index contributed by atoms with van der Waals surface area (Å²) in [6, 6.07) is 14.3. The van der Waals surface area contributed by atoms with Crippen LogP contribution in [0.5, 0.6) is 0 Å². The number of aryl methyl sites for hydroxylation is 1. The Morgan fingerprint density at radius 3 is 2.52 bits per heavy atom. The number of amides is 1. The minimum Gasteiger partial charge on any atom is -0.334 e. The highest BCUT2D eigenvalue weighted by molar-refractivity contribution is 5.93. The summed E-state index contributed by atoms with van der Waals surface area (Å²) in [5.74, 6) is 0.465. The third-order valence-corrected chi connectivity index (χ3v) is 5.17. The molecule has 1 N–H and O–H groups in total. The SMILES string of the molecule is Cc1cccc(Nc2ncc(C(=O)N3CCc4ccccc4C3)cn2)c1C. The number of fused-ring (bicyclic) bond motifs is 1. The number of carbonyl (C=O) groups is 1. The van der Waals surface area contributed by atoms with Crippen molar-refractivity contribution in [1.82, 2.24) is 14.9 Å². The van der Waals surface area contributed by atoms with Gasteiger partial charge >= 0.3 is 0 Å². The van der Waals surface area contributed by atoms with E-state index in [1.165, 1.54) is 16.7 Å². The number of nitrogens with one attached hydrogen (secondary N) is 1. The van der Waals surface area contributed by atoms with Crippen LogP contribution in [-0.4, -0.2) is 27.3 Å². The van der Waals surface area contributed by atoms with E-state index in [2.05, 4.69) is 47.3 Å². The highest BCUT2D eigenvalue weighted by atomic mass is 16.2. The molecule has 4 rings (SSSR count). The maximum absolute atomic E-state index is 12.8. The molecular weight excluding hydrogens is 336 g/mol. The number of anilines is 2. The van der Waals surface area contributed by atoms with Crippen molar-refractivity contribution in [2.45, 2.75) is 26.8 Å². The predicted molar refractivity (Wildman–Crippen MR) is 106 cm³/mol. The lowest BCUT2D eigenvalue weighted by Gasteiger charge is -2.28. The summed E-state index contributed by atoms with van der Waals surface area (Å²) in [6.07, 6.45) is 4.08. The topological polar surface area (TPSA) is 58.1 Å². The molecule has 1 aliphatic rings. The van der Waals surface area contributed by atoms with E-state index >= 15 is 0 Å². The van der Waals surface area contributed by atoms with E-state index in [-0.39, 0.29) is 5.91 Å². The monoisotopic (exact) mass is 358 g/mol. The van der Waals surface area contributed by atoms with Crippen molar-refractivity contribution >= 4 is 17.5 Å². The van der Waals surface area contributed by atoms with E-state index in [1.807, 2.05) is 29.2 Å². The van der Waals surface area contributed by atoms with Gasteiger partial charge in [-0.1, -0.05) is 36.4 Å². The molecule has 0 atom stereocenters. The first-order chi connectivity index (χ1) is 13.1. The van der Waals surface area contributed by atoms with Crippen molar-refractivity contribution in [3.8, 4) is 0 Å². The Morgan fingerprint density at radius 2 is 1.74 bits per heavy atom. The number of carbonyl (C=O) groups excluding carboxylic acids is 1. The van der Waals surface area contributed by atoms with Gasteiger partial charge in [0.05, 0.1) is 5.56 Å². The highest BCUT2D eigenvalue weighted by Gasteiger charge is 2.22. The summed E-state index contributed by atoms with van der Waals surface area (Å²) >= 11 is 0. The van der Waals surface area contributed by atoms with E-state index in [0.717, 1.165) is 24.2 Å². The van der Waals surface area contributed by atoms with E-state index < -0.39 is 0 Å². The van der Waals surface area contributed by atoms with Gasteiger partial charge in [0.25, 0.3) is 5.91 Å². The molecule has 0 bridgehead atoms. The van der Waals surface area contributed by atoms with Gasteiger partial charge < -0.3 is 10.2 Å². The Bertz CT molecular complexity index is 982. The van der Waals surface area contributed by atoms with Gasteiger partial charge in [-0.25, -0.2) is 9.97 Å². The molecule has 5 heteroatoms. The fourth-order valence-corrected chi connectivity index (χ4v) is 3.36. The number of benzene rings is 2. The van der Waals surface area contributed by atoms with Crippen molar-refractivity contribution < 1.29 is 4.79 Å². The van der Waals surface area contributed by atoms with Crippen LogP contribution < -0.4 is 5.32 Å². The molecule has 1 aromatic heterocycles. The van der Waals surface area contributed by atoms with Gasteiger partial charge in [-0.2, -0.15) is 0 Å². The second-order valence-corrected chi connectivity index (χ2v) is 6.91. The van der Waals surface area contributed by atoms with Crippen LogP contribution in [0.4, 0.5) is 11.6 Å². The molecule has 0 fully saturated rings. The molecule has 0 radical (unpaired) electrons. The summed E-state index contributed by atoms with van der Waals surface area (Å²) in [5, 5.41) is 3.22. The lowest BCUT2D eigenvalue weighted by Crippen LogP contribution is -2.36.